The fourth-order valence-corrected chi connectivity index (χ4v) is 1.98. The zero-order valence-electron chi connectivity index (χ0n) is 13.2. The van der Waals surface area contributed by atoms with E-state index in [1.54, 1.807) is 23.0 Å². The minimum Gasteiger partial charge on any atom is -0.454 e. The monoisotopic (exact) mass is 305 g/mol. The minimum absolute atomic E-state index is 0.188. The highest BCUT2D eigenvalue weighted by molar-refractivity contribution is 5.91. The van der Waals surface area contributed by atoms with E-state index in [9.17, 15) is 9.90 Å². The van der Waals surface area contributed by atoms with Crippen LogP contribution in [0.15, 0.2) is 35.0 Å². The van der Waals surface area contributed by atoms with Crippen LogP contribution < -0.4 is 5.32 Å². The molecular weight excluding hydrogens is 282 g/mol. The number of nitrogens with zero attached hydrogens (tertiary/aromatic N) is 2. The van der Waals surface area contributed by atoms with Gasteiger partial charge in [0, 0.05) is 18.9 Å². The van der Waals surface area contributed by atoms with Crippen LogP contribution in [0.2, 0.25) is 0 Å². The molecule has 1 amide bonds. The molecule has 0 aromatic carbocycles. The molecule has 0 unspecified atom stereocenters. The molecule has 0 aliphatic rings. The Bertz CT molecular complexity index is 596. The smallest absolute Gasteiger partial charge is 0.286 e. The van der Waals surface area contributed by atoms with Gasteiger partial charge >= 0.3 is 0 Å². The third-order valence-electron chi connectivity index (χ3n) is 3.47. The van der Waals surface area contributed by atoms with Crippen LogP contribution in [0, 0.1) is 5.41 Å². The fourth-order valence-electron chi connectivity index (χ4n) is 1.98. The molecule has 6 heteroatoms. The molecule has 0 spiro atoms. The molecule has 0 bridgehead atoms. The lowest BCUT2D eigenvalue weighted by Gasteiger charge is -2.25. The Balaban J connectivity index is 1.82. The summed E-state index contributed by atoms with van der Waals surface area (Å²) in [4.78, 5) is 12.0. The highest BCUT2D eigenvalue weighted by Gasteiger charge is 2.22. The van der Waals surface area contributed by atoms with Crippen LogP contribution in [0.1, 0.15) is 43.5 Å². The summed E-state index contributed by atoms with van der Waals surface area (Å²) >= 11 is 0. The van der Waals surface area contributed by atoms with Crippen LogP contribution in [-0.2, 0) is 6.54 Å². The zero-order chi connectivity index (χ0) is 16.2. The number of carbonyl (C=O) groups is 1. The van der Waals surface area contributed by atoms with Gasteiger partial charge in [-0.3, -0.25) is 9.48 Å². The van der Waals surface area contributed by atoms with E-state index in [0.29, 0.717) is 25.3 Å². The summed E-state index contributed by atoms with van der Waals surface area (Å²) in [7, 11) is 0. The van der Waals surface area contributed by atoms with Gasteiger partial charge < -0.3 is 14.8 Å². The second-order valence-electron chi connectivity index (χ2n) is 6.40. The minimum atomic E-state index is -0.459. The summed E-state index contributed by atoms with van der Waals surface area (Å²) in [6.45, 7) is 6.80. The fraction of sp³-hybridized carbons (Fsp3) is 0.500. The van der Waals surface area contributed by atoms with Crippen LogP contribution in [0.4, 0.5) is 0 Å². The molecule has 0 radical (unpaired) electrons. The summed E-state index contributed by atoms with van der Waals surface area (Å²) in [5.74, 6) is 0.670. The summed E-state index contributed by atoms with van der Waals surface area (Å²) < 4.78 is 7.23. The van der Waals surface area contributed by atoms with E-state index in [4.69, 9.17) is 4.42 Å². The van der Waals surface area contributed by atoms with Gasteiger partial charge in [-0.1, -0.05) is 20.8 Å². The molecule has 0 fully saturated rings. The van der Waals surface area contributed by atoms with Gasteiger partial charge in [-0.05, 0) is 30.0 Å². The average molecular weight is 305 g/mol. The van der Waals surface area contributed by atoms with Gasteiger partial charge in [-0.2, -0.15) is 5.10 Å². The first kappa shape index (κ1) is 16.3. The molecule has 120 valence electrons. The van der Waals surface area contributed by atoms with Crippen molar-refractivity contribution in [3.63, 3.8) is 0 Å². The number of aliphatic hydroxyl groups excluding tert-OH is 1. The number of rotatable bonds is 6. The molecule has 0 aliphatic heterocycles. The van der Waals surface area contributed by atoms with Gasteiger partial charge in [0.1, 0.15) is 5.76 Å². The Morgan fingerprint density at radius 2 is 2.23 bits per heavy atom. The normalized spacial score (nSPS) is 13.1. The Morgan fingerprint density at radius 1 is 1.45 bits per heavy atom. The van der Waals surface area contributed by atoms with Crippen molar-refractivity contribution < 1.29 is 14.3 Å². The van der Waals surface area contributed by atoms with Crippen molar-refractivity contribution in [3.05, 3.63) is 42.1 Å². The molecule has 1 atom stereocenters. The highest BCUT2D eigenvalue weighted by atomic mass is 16.4. The van der Waals surface area contributed by atoms with Crippen LogP contribution in [0.3, 0.4) is 0 Å². The lowest BCUT2D eigenvalue weighted by molar-refractivity contribution is 0.0549. The highest BCUT2D eigenvalue weighted by Crippen LogP contribution is 2.21. The second-order valence-corrected chi connectivity index (χ2v) is 6.40. The average Bonchev–Trinajstić information content (AvgIpc) is 3.09. The first-order chi connectivity index (χ1) is 10.4. The summed E-state index contributed by atoms with van der Waals surface area (Å²) in [5, 5.41) is 16.8. The zero-order valence-corrected chi connectivity index (χ0v) is 13.2. The standard InChI is InChI=1S/C16H23N3O3/c1-16(2,3)14(20)7-9-17-15(21)13-6-5-12(22-13)11-19-10-4-8-18-19/h4-6,8,10,14,20H,7,9,11H2,1-3H3,(H,17,21)/t14-/m0/s1. The van der Waals surface area contributed by atoms with E-state index < -0.39 is 6.10 Å². The first-order valence-electron chi connectivity index (χ1n) is 7.38. The topological polar surface area (TPSA) is 80.3 Å². The van der Waals surface area contributed by atoms with Crippen molar-refractivity contribution in [2.24, 2.45) is 5.41 Å². The van der Waals surface area contributed by atoms with Gasteiger partial charge in [0.25, 0.3) is 5.91 Å². The molecule has 0 aliphatic carbocycles. The van der Waals surface area contributed by atoms with E-state index in [0.717, 1.165) is 0 Å². The van der Waals surface area contributed by atoms with E-state index in [-0.39, 0.29) is 17.1 Å². The van der Waals surface area contributed by atoms with Gasteiger partial charge in [0.05, 0.1) is 12.6 Å². The summed E-state index contributed by atoms with van der Waals surface area (Å²) in [6.07, 6.45) is 3.57. The molecule has 2 heterocycles. The Labute approximate surface area is 130 Å². The van der Waals surface area contributed by atoms with Gasteiger partial charge in [-0.25, -0.2) is 0 Å². The van der Waals surface area contributed by atoms with Gasteiger partial charge in [0.15, 0.2) is 5.76 Å². The summed E-state index contributed by atoms with van der Waals surface area (Å²) in [5.41, 5.74) is -0.188. The molecule has 6 nitrogen and oxygen atoms in total. The van der Waals surface area contributed by atoms with Crippen molar-refractivity contribution in [3.8, 4) is 0 Å². The molecule has 2 N–H and O–H groups in total. The number of furan rings is 1. The predicted octanol–water partition coefficient (Wildman–Crippen LogP) is 2.05. The van der Waals surface area contributed by atoms with E-state index in [2.05, 4.69) is 10.4 Å². The third-order valence-corrected chi connectivity index (χ3v) is 3.47. The lowest BCUT2D eigenvalue weighted by Crippen LogP contribution is -2.32. The first-order valence-corrected chi connectivity index (χ1v) is 7.38. The summed E-state index contributed by atoms with van der Waals surface area (Å²) in [6, 6.07) is 5.24. The van der Waals surface area contributed by atoms with Crippen molar-refractivity contribution in [1.29, 1.82) is 0 Å². The van der Waals surface area contributed by atoms with Crippen LogP contribution in [0.25, 0.3) is 0 Å². The third kappa shape index (κ3) is 4.46. The number of carbonyl (C=O) groups excluding carboxylic acids is 1. The Morgan fingerprint density at radius 3 is 2.86 bits per heavy atom. The SMILES string of the molecule is CC(C)(C)[C@@H](O)CCNC(=O)c1ccc(Cn2cccn2)o1. The van der Waals surface area contributed by atoms with Crippen molar-refractivity contribution in [1.82, 2.24) is 15.1 Å². The number of aliphatic hydroxyl groups is 1. The van der Waals surface area contributed by atoms with Crippen molar-refractivity contribution in [2.45, 2.75) is 39.8 Å². The second kappa shape index (κ2) is 6.79. The molecule has 22 heavy (non-hydrogen) atoms. The van der Waals surface area contributed by atoms with Crippen LogP contribution in [-0.4, -0.2) is 33.4 Å². The molecule has 0 saturated heterocycles. The quantitative estimate of drug-likeness (QED) is 0.856. The maximum atomic E-state index is 12.0. The van der Waals surface area contributed by atoms with Crippen molar-refractivity contribution >= 4 is 5.91 Å². The van der Waals surface area contributed by atoms with Gasteiger partial charge in [-0.15, -0.1) is 0 Å². The molecule has 2 rings (SSSR count). The molecule has 2 aromatic rings. The lowest BCUT2D eigenvalue weighted by atomic mass is 9.87. The molecular formula is C16H23N3O3. The van der Waals surface area contributed by atoms with E-state index in [1.807, 2.05) is 33.0 Å². The van der Waals surface area contributed by atoms with Crippen LogP contribution >= 0.6 is 0 Å². The van der Waals surface area contributed by atoms with Crippen molar-refractivity contribution in [2.75, 3.05) is 6.54 Å². The number of nitrogens with one attached hydrogen (secondary N) is 1. The van der Waals surface area contributed by atoms with E-state index >= 15 is 0 Å². The number of hydrogen-bond donors (Lipinski definition) is 2. The van der Waals surface area contributed by atoms with Crippen LogP contribution in [0.5, 0.6) is 0 Å². The Kier molecular flexibility index (Phi) is 5.03. The molecule has 2 aromatic heterocycles. The maximum Gasteiger partial charge on any atom is 0.286 e. The number of aromatic nitrogens is 2. The van der Waals surface area contributed by atoms with E-state index in [1.165, 1.54) is 0 Å². The largest absolute Gasteiger partial charge is 0.454 e. The molecule has 0 saturated carbocycles. The number of amides is 1. The number of hydrogen-bond acceptors (Lipinski definition) is 4. The predicted molar refractivity (Wildman–Crippen MR) is 82.4 cm³/mol. The Hall–Kier alpha value is -2.08. The maximum absolute atomic E-state index is 12.0. The van der Waals surface area contributed by atoms with Gasteiger partial charge in [0.2, 0.25) is 0 Å².